The van der Waals surface area contributed by atoms with Gasteiger partial charge in [0.1, 0.15) is 0 Å². The molecule has 17 heavy (non-hydrogen) atoms. The summed E-state index contributed by atoms with van der Waals surface area (Å²) in [6, 6.07) is 0. The van der Waals surface area contributed by atoms with E-state index in [2.05, 4.69) is 53.5 Å². The van der Waals surface area contributed by atoms with Gasteiger partial charge in [-0.1, -0.05) is 55.9 Å². The average molecular weight is 352 g/mol. The van der Waals surface area contributed by atoms with Crippen LogP contribution in [0.15, 0.2) is 10.2 Å². The van der Waals surface area contributed by atoms with E-state index in [-0.39, 0.29) is 6.10 Å². The van der Waals surface area contributed by atoms with Crippen molar-refractivity contribution in [1.29, 1.82) is 0 Å². The summed E-state index contributed by atoms with van der Waals surface area (Å²) in [6.07, 6.45) is 4.88. The van der Waals surface area contributed by atoms with E-state index in [9.17, 15) is 0 Å². The molecule has 0 aromatic carbocycles. The van der Waals surface area contributed by atoms with E-state index in [4.69, 9.17) is 9.47 Å². The van der Waals surface area contributed by atoms with E-state index in [0.29, 0.717) is 17.9 Å². The molecule has 1 saturated heterocycles. The summed E-state index contributed by atoms with van der Waals surface area (Å²) in [6.45, 7) is 10.8. The summed E-state index contributed by atoms with van der Waals surface area (Å²) < 4.78 is 14.2. The number of halogens is 1. The third-order valence-electron chi connectivity index (χ3n) is 3.62. The first kappa shape index (κ1) is 15.4. The lowest BCUT2D eigenvalue weighted by Gasteiger charge is -2.46. The number of hydrogen-bond donors (Lipinski definition) is 0. The zero-order valence-electron chi connectivity index (χ0n) is 11.6. The van der Waals surface area contributed by atoms with Gasteiger partial charge in [-0.15, -0.1) is 0 Å². The highest BCUT2D eigenvalue weighted by Gasteiger charge is 2.41. The van der Waals surface area contributed by atoms with Crippen molar-refractivity contribution < 1.29 is 9.47 Å². The molecule has 0 spiro atoms. The molecule has 0 radical (unpaired) electrons. The Balaban J connectivity index is 2.78. The molecule has 4 atom stereocenters. The molecule has 1 rings (SSSR count). The second-order valence-electron chi connectivity index (χ2n) is 5.48. The molecule has 0 N–H and O–H groups in total. The highest BCUT2D eigenvalue weighted by Crippen LogP contribution is 2.36. The number of rotatable bonds is 4. The molecule has 0 bridgehead atoms. The van der Waals surface area contributed by atoms with Crippen molar-refractivity contribution in [3.8, 4) is 0 Å². The molecule has 3 heteroatoms. The summed E-state index contributed by atoms with van der Waals surface area (Å²) >= 11 is 2.26. The molecule has 0 amide bonds. The van der Waals surface area contributed by atoms with Gasteiger partial charge in [0.15, 0.2) is 5.79 Å². The van der Waals surface area contributed by atoms with Gasteiger partial charge in [0, 0.05) is 5.92 Å². The predicted molar refractivity (Wildman–Crippen MR) is 80.2 cm³/mol. The molecule has 0 aliphatic carbocycles. The first-order valence-electron chi connectivity index (χ1n) is 6.52. The SMILES string of the molecule is CC[C@H](C)[C@H]1OC(C)(C)O[C@@H](CC=CI)[C@@H]1C. The zero-order chi connectivity index (χ0) is 13.1. The Bertz CT molecular complexity index is 263. The quantitative estimate of drug-likeness (QED) is 0.693. The molecule has 1 fully saturated rings. The monoisotopic (exact) mass is 352 g/mol. The Morgan fingerprint density at radius 2 is 2.00 bits per heavy atom. The van der Waals surface area contributed by atoms with Gasteiger partial charge in [-0.3, -0.25) is 0 Å². The van der Waals surface area contributed by atoms with Gasteiger partial charge < -0.3 is 9.47 Å². The summed E-state index contributed by atoms with van der Waals surface area (Å²) in [7, 11) is 0. The minimum atomic E-state index is -0.454. The molecular weight excluding hydrogens is 327 g/mol. The van der Waals surface area contributed by atoms with Crippen LogP contribution in [0.5, 0.6) is 0 Å². The maximum absolute atomic E-state index is 6.10. The Hall–Kier alpha value is 0.390. The lowest BCUT2D eigenvalue weighted by molar-refractivity contribution is -0.326. The highest BCUT2D eigenvalue weighted by atomic mass is 127. The van der Waals surface area contributed by atoms with E-state index in [0.717, 1.165) is 12.8 Å². The fourth-order valence-electron chi connectivity index (χ4n) is 2.46. The topological polar surface area (TPSA) is 18.5 Å². The fraction of sp³-hybridized carbons (Fsp3) is 0.857. The van der Waals surface area contributed by atoms with Crippen molar-refractivity contribution in [3.63, 3.8) is 0 Å². The average Bonchev–Trinajstić information content (AvgIpc) is 2.28. The molecule has 2 nitrogen and oxygen atoms in total. The van der Waals surface area contributed by atoms with E-state index in [1.54, 1.807) is 0 Å². The largest absolute Gasteiger partial charge is 0.347 e. The van der Waals surface area contributed by atoms with Crippen molar-refractivity contribution in [2.24, 2.45) is 11.8 Å². The molecule has 1 heterocycles. The van der Waals surface area contributed by atoms with E-state index < -0.39 is 5.79 Å². The highest BCUT2D eigenvalue weighted by molar-refractivity contribution is 14.1. The van der Waals surface area contributed by atoms with Gasteiger partial charge in [0.25, 0.3) is 0 Å². The van der Waals surface area contributed by atoms with Gasteiger partial charge in [0.2, 0.25) is 0 Å². The molecule has 100 valence electrons. The zero-order valence-corrected chi connectivity index (χ0v) is 13.7. The smallest absolute Gasteiger partial charge is 0.163 e. The van der Waals surface area contributed by atoms with Crippen LogP contribution >= 0.6 is 22.6 Å². The second-order valence-corrected chi connectivity index (χ2v) is 6.20. The fourth-order valence-corrected chi connectivity index (χ4v) is 2.75. The van der Waals surface area contributed by atoms with E-state index in [1.165, 1.54) is 0 Å². The first-order valence-corrected chi connectivity index (χ1v) is 7.76. The lowest BCUT2D eigenvalue weighted by atomic mass is 9.85. The van der Waals surface area contributed by atoms with Gasteiger partial charge in [-0.05, 0) is 30.3 Å². The van der Waals surface area contributed by atoms with Gasteiger partial charge in [-0.2, -0.15) is 0 Å². The van der Waals surface area contributed by atoms with Crippen LogP contribution in [0.1, 0.15) is 47.5 Å². The Morgan fingerprint density at radius 1 is 1.35 bits per heavy atom. The van der Waals surface area contributed by atoms with Crippen LogP contribution in [0.25, 0.3) is 0 Å². The van der Waals surface area contributed by atoms with Crippen molar-refractivity contribution in [2.75, 3.05) is 0 Å². The summed E-state index contributed by atoms with van der Waals surface area (Å²) in [5.41, 5.74) is 0. The first-order chi connectivity index (χ1) is 7.91. The third-order valence-corrected chi connectivity index (χ3v) is 4.13. The van der Waals surface area contributed by atoms with Crippen LogP contribution < -0.4 is 0 Å². The van der Waals surface area contributed by atoms with Crippen molar-refractivity contribution in [3.05, 3.63) is 10.2 Å². The van der Waals surface area contributed by atoms with Crippen LogP contribution in [-0.4, -0.2) is 18.0 Å². The van der Waals surface area contributed by atoms with Crippen LogP contribution in [0, 0.1) is 11.8 Å². The van der Waals surface area contributed by atoms with Crippen molar-refractivity contribution in [1.82, 2.24) is 0 Å². The van der Waals surface area contributed by atoms with Crippen molar-refractivity contribution >= 4 is 22.6 Å². The van der Waals surface area contributed by atoms with Crippen molar-refractivity contribution in [2.45, 2.75) is 65.5 Å². The molecule has 0 unspecified atom stereocenters. The van der Waals surface area contributed by atoms with Crippen LogP contribution in [0.4, 0.5) is 0 Å². The molecule has 0 aromatic rings. The number of ether oxygens (including phenoxy) is 2. The Labute approximate surface area is 119 Å². The molecule has 1 aliphatic heterocycles. The van der Waals surface area contributed by atoms with Crippen LogP contribution in [-0.2, 0) is 9.47 Å². The normalized spacial score (nSPS) is 35.1. The van der Waals surface area contributed by atoms with Crippen LogP contribution in [0.2, 0.25) is 0 Å². The number of hydrogen-bond acceptors (Lipinski definition) is 2. The molecular formula is C14H25IO2. The minimum Gasteiger partial charge on any atom is -0.347 e. The molecule has 1 aliphatic rings. The maximum Gasteiger partial charge on any atom is 0.163 e. The van der Waals surface area contributed by atoms with E-state index in [1.807, 2.05) is 13.8 Å². The standard InChI is InChI=1S/C14H25IO2/c1-6-10(2)13-11(3)12(8-7-9-15)16-14(4,5)17-13/h7,9-13H,6,8H2,1-5H3/t10-,11-,12-,13+/m0/s1. The van der Waals surface area contributed by atoms with Gasteiger partial charge >= 0.3 is 0 Å². The van der Waals surface area contributed by atoms with E-state index >= 15 is 0 Å². The molecule has 0 saturated carbocycles. The maximum atomic E-state index is 6.10. The Morgan fingerprint density at radius 3 is 2.53 bits per heavy atom. The Kier molecular flexibility index (Phi) is 5.93. The minimum absolute atomic E-state index is 0.267. The predicted octanol–water partition coefficient (Wildman–Crippen LogP) is 4.53. The summed E-state index contributed by atoms with van der Waals surface area (Å²) in [5.74, 6) is 0.578. The van der Waals surface area contributed by atoms with Gasteiger partial charge in [-0.25, -0.2) is 0 Å². The lowest BCUT2D eigenvalue weighted by Crippen LogP contribution is -2.51. The third kappa shape index (κ3) is 4.21. The van der Waals surface area contributed by atoms with Crippen LogP contribution in [0.3, 0.4) is 0 Å². The second kappa shape index (κ2) is 6.53. The summed E-state index contributed by atoms with van der Waals surface area (Å²) in [5, 5.41) is 0. The molecule has 0 aromatic heterocycles. The van der Waals surface area contributed by atoms with Gasteiger partial charge in [0.05, 0.1) is 12.2 Å². The summed E-state index contributed by atoms with van der Waals surface area (Å²) in [4.78, 5) is 0.